The number of methoxy groups -OCH3 is 1. The second-order valence-electron chi connectivity index (χ2n) is 9.58. The zero-order chi connectivity index (χ0) is 31.0. The number of anilines is 1. The molecule has 3 rings (SSSR count). The van der Waals surface area contributed by atoms with Crippen LogP contribution in [0.3, 0.4) is 0 Å². The number of sulfonamides is 1. The maximum Gasteiger partial charge on any atom is 0.264 e. The highest BCUT2D eigenvalue weighted by Gasteiger charge is 2.35. The number of rotatable bonds is 13. The molecular formula is C30H34Cl3N3O5S. The van der Waals surface area contributed by atoms with Crippen LogP contribution in [0.4, 0.5) is 5.69 Å². The Bertz CT molecular complexity index is 1500. The summed E-state index contributed by atoms with van der Waals surface area (Å²) in [4.78, 5) is 28.8. The maximum atomic E-state index is 14.2. The zero-order valence-corrected chi connectivity index (χ0v) is 26.9. The van der Waals surface area contributed by atoms with Crippen molar-refractivity contribution < 1.29 is 22.7 Å². The van der Waals surface area contributed by atoms with Crippen molar-refractivity contribution in [3.05, 3.63) is 86.9 Å². The second kappa shape index (κ2) is 15.0. The Morgan fingerprint density at radius 3 is 2.19 bits per heavy atom. The van der Waals surface area contributed by atoms with Crippen LogP contribution in [-0.2, 0) is 26.2 Å². The molecule has 0 saturated heterocycles. The molecule has 0 aliphatic rings. The van der Waals surface area contributed by atoms with Crippen LogP contribution in [0.5, 0.6) is 5.75 Å². The molecule has 0 saturated carbocycles. The fourth-order valence-electron chi connectivity index (χ4n) is 4.35. The van der Waals surface area contributed by atoms with E-state index in [0.717, 1.165) is 9.87 Å². The first-order valence-electron chi connectivity index (χ1n) is 13.4. The SMILES string of the molecule is CCCNC(=O)[C@H](CC)N(Cc1c(Cl)cccc1Cl)C(=O)CN(c1cc(Cl)ccc1OC)S(=O)(=O)c1ccc(C)cc1. The lowest BCUT2D eigenvalue weighted by atomic mass is 10.1. The summed E-state index contributed by atoms with van der Waals surface area (Å²) >= 11 is 19.2. The highest BCUT2D eigenvalue weighted by Crippen LogP contribution is 2.35. The molecule has 0 radical (unpaired) electrons. The van der Waals surface area contributed by atoms with Gasteiger partial charge < -0.3 is 15.0 Å². The molecule has 3 aromatic carbocycles. The van der Waals surface area contributed by atoms with Crippen molar-refractivity contribution in [2.45, 2.75) is 51.1 Å². The van der Waals surface area contributed by atoms with E-state index >= 15 is 0 Å². The predicted molar refractivity (Wildman–Crippen MR) is 168 cm³/mol. The predicted octanol–water partition coefficient (Wildman–Crippen LogP) is 6.49. The van der Waals surface area contributed by atoms with Crippen LogP contribution >= 0.6 is 34.8 Å². The molecule has 0 aliphatic heterocycles. The Morgan fingerprint density at radius 2 is 1.62 bits per heavy atom. The van der Waals surface area contributed by atoms with Crippen molar-refractivity contribution in [1.29, 1.82) is 0 Å². The summed E-state index contributed by atoms with van der Waals surface area (Å²) in [7, 11) is -2.92. The number of nitrogens with one attached hydrogen (secondary N) is 1. The van der Waals surface area contributed by atoms with E-state index in [4.69, 9.17) is 39.5 Å². The Balaban J connectivity index is 2.16. The number of halogens is 3. The van der Waals surface area contributed by atoms with E-state index in [9.17, 15) is 18.0 Å². The molecule has 12 heteroatoms. The second-order valence-corrected chi connectivity index (χ2v) is 12.7. The Kier molecular flexibility index (Phi) is 11.9. The summed E-state index contributed by atoms with van der Waals surface area (Å²) < 4.78 is 34.6. The smallest absolute Gasteiger partial charge is 0.264 e. The first-order chi connectivity index (χ1) is 19.9. The summed E-state index contributed by atoms with van der Waals surface area (Å²) in [5.41, 5.74) is 1.37. The zero-order valence-electron chi connectivity index (χ0n) is 23.9. The highest BCUT2D eigenvalue weighted by molar-refractivity contribution is 7.92. The number of hydrogen-bond acceptors (Lipinski definition) is 5. The van der Waals surface area contributed by atoms with E-state index in [0.29, 0.717) is 28.6 Å². The molecule has 42 heavy (non-hydrogen) atoms. The van der Waals surface area contributed by atoms with Gasteiger partial charge in [0.05, 0.1) is 17.7 Å². The van der Waals surface area contributed by atoms with Gasteiger partial charge in [-0.2, -0.15) is 0 Å². The van der Waals surface area contributed by atoms with Gasteiger partial charge in [0.25, 0.3) is 10.0 Å². The largest absolute Gasteiger partial charge is 0.495 e. The number of benzene rings is 3. The average Bonchev–Trinajstić information content (AvgIpc) is 2.96. The lowest BCUT2D eigenvalue weighted by Crippen LogP contribution is -2.52. The van der Waals surface area contributed by atoms with Crippen LogP contribution in [-0.4, -0.2) is 51.4 Å². The monoisotopic (exact) mass is 653 g/mol. The molecule has 8 nitrogen and oxygen atoms in total. The van der Waals surface area contributed by atoms with Crippen LogP contribution in [0, 0.1) is 6.92 Å². The highest BCUT2D eigenvalue weighted by atomic mass is 35.5. The average molecular weight is 655 g/mol. The Morgan fingerprint density at radius 1 is 0.976 bits per heavy atom. The number of amides is 2. The number of hydrogen-bond donors (Lipinski definition) is 1. The summed E-state index contributed by atoms with van der Waals surface area (Å²) in [6.07, 6.45) is 0.957. The maximum absolute atomic E-state index is 14.2. The Hall–Kier alpha value is -2.98. The van der Waals surface area contributed by atoms with Crippen molar-refractivity contribution in [3.8, 4) is 5.75 Å². The number of ether oxygens (including phenoxy) is 1. The van der Waals surface area contributed by atoms with Crippen molar-refractivity contribution in [1.82, 2.24) is 10.2 Å². The van der Waals surface area contributed by atoms with E-state index in [1.165, 1.54) is 36.3 Å². The van der Waals surface area contributed by atoms with Crippen molar-refractivity contribution in [2.75, 3.05) is 24.5 Å². The van der Waals surface area contributed by atoms with Gasteiger partial charge in [-0.1, -0.05) is 72.4 Å². The summed E-state index contributed by atoms with van der Waals surface area (Å²) in [5.74, 6) is -0.831. The number of nitrogens with zero attached hydrogens (tertiary/aromatic N) is 2. The van der Waals surface area contributed by atoms with Gasteiger partial charge in [0.2, 0.25) is 11.8 Å². The topological polar surface area (TPSA) is 96.0 Å². The van der Waals surface area contributed by atoms with Crippen LogP contribution in [0.2, 0.25) is 15.1 Å². The number of carbonyl (C=O) groups excluding carboxylic acids is 2. The fraction of sp³-hybridized carbons (Fsp3) is 0.333. The van der Waals surface area contributed by atoms with Crippen LogP contribution in [0.25, 0.3) is 0 Å². The van der Waals surface area contributed by atoms with Crippen molar-refractivity contribution in [2.24, 2.45) is 0 Å². The van der Waals surface area contributed by atoms with Gasteiger partial charge in [-0.05, 0) is 62.2 Å². The van der Waals surface area contributed by atoms with Crippen molar-refractivity contribution >= 4 is 62.3 Å². The molecule has 0 bridgehead atoms. The molecule has 0 unspecified atom stereocenters. The molecule has 3 aromatic rings. The van der Waals surface area contributed by atoms with Gasteiger partial charge >= 0.3 is 0 Å². The molecule has 0 spiro atoms. The van der Waals surface area contributed by atoms with Gasteiger partial charge in [0.15, 0.2) is 0 Å². The molecular weight excluding hydrogens is 621 g/mol. The number of aryl methyl sites for hydroxylation is 1. The third kappa shape index (κ3) is 7.89. The quantitative estimate of drug-likeness (QED) is 0.227. The van der Waals surface area contributed by atoms with Gasteiger partial charge in [-0.15, -0.1) is 0 Å². The van der Waals surface area contributed by atoms with Crippen molar-refractivity contribution in [3.63, 3.8) is 0 Å². The van der Waals surface area contributed by atoms with E-state index < -0.39 is 28.5 Å². The van der Waals surface area contributed by atoms with Gasteiger partial charge in [-0.25, -0.2) is 8.42 Å². The molecule has 0 aliphatic carbocycles. The van der Waals surface area contributed by atoms with Gasteiger partial charge in [0, 0.05) is 33.7 Å². The molecule has 2 amide bonds. The normalized spacial score (nSPS) is 12.0. The minimum atomic E-state index is -4.31. The molecule has 226 valence electrons. The first kappa shape index (κ1) is 33.5. The van der Waals surface area contributed by atoms with Crippen LogP contribution in [0.15, 0.2) is 65.6 Å². The first-order valence-corrected chi connectivity index (χ1v) is 15.9. The standard InChI is InChI=1S/C30H34Cl3N3O5S/c1-5-16-34-30(38)26(6-2)35(18-23-24(32)8-7-9-25(23)33)29(37)19-36(27-17-21(31)12-15-28(27)41-4)42(39,40)22-13-10-20(3)11-14-22/h7-15,17,26H,5-6,16,18-19H2,1-4H3,(H,34,38)/t26-/m0/s1. The van der Waals surface area contributed by atoms with E-state index in [1.807, 2.05) is 13.8 Å². The van der Waals surface area contributed by atoms with Gasteiger partial charge in [-0.3, -0.25) is 13.9 Å². The molecule has 0 heterocycles. The molecule has 0 aromatic heterocycles. The minimum absolute atomic E-state index is 0.0312. The van der Waals surface area contributed by atoms with E-state index in [-0.39, 0.29) is 40.2 Å². The molecule has 1 N–H and O–H groups in total. The molecule has 1 atom stereocenters. The van der Waals surface area contributed by atoms with Gasteiger partial charge in [0.1, 0.15) is 18.3 Å². The minimum Gasteiger partial charge on any atom is -0.495 e. The van der Waals surface area contributed by atoms with E-state index in [2.05, 4.69) is 5.32 Å². The van der Waals surface area contributed by atoms with Crippen LogP contribution in [0.1, 0.15) is 37.8 Å². The third-order valence-corrected chi connectivity index (χ3v) is 9.34. The summed E-state index contributed by atoms with van der Waals surface area (Å²) in [6.45, 7) is 5.15. The summed E-state index contributed by atoms with van der Waals surface area (Å²) in [6, 6.07) is 14.8. The third-order valence-electron chi connectivity index (χ3n) is 6.62. The Labute approximate surface area is 262 Å². The summed E-state index contributed by atoms with van der Waals surface area (Å²) in [5, 5.41) is 3.70. The van der Waals surface area contributed by atoms with Crippen LogP contribution < -0.4 is 14.4 Å². The molecule has 0 fully saturated rings. The fourth-order valence-corrected chi connectivity index (χ4v) is 6.45. The lowest BCUT2D eigenvalue weighted by Gasteiger charge is -2.34. The van der Waals surface area contributed by atoms with E-state index in [1.54, 1.807) is 43.3 Å². The lowest BCUT2D eigenvalue weighted by molar-refractivity contribution is -0.140. The number of carbonyl (C=O) groups is 2.